The molecule has 0 spiro atoms. The number of phosphoric acid groups is 1. The van der Waals surface area contributed by atoms with Crippen molar-refractivity contribution in [2.45, 2.75) is 328 Å². The molecule has 0 heterocycles. The summed E-state index contributed by atoms with van der Waals surface area (Å²) in [5, 5.41) is 0. The van der Waals surface area contributed by atoms with Crippen LogP contribution in [0.15, 0.2) is 146 Å². The van der Waals surface area contributed by atoms with Gasteiger partial charge in [0.15, 0.2) is 6.10 Å². The number of allylic oxidation sites excluding steroid dienone is 24. The zero-order valence-corrected chi connectivity index (χ0v) is 62.3. The van der Waals surface area contributed by atoms with E-state index in [0.29, 0.717) is 17.4 Å². The average Bonchev–Trinajstić information content (AvgIpc) is 1.68. The van der Waals surface area contributed by atoms with Crippen LogP contribution in [0.5, 0.6) is 0 Å². The van der Waals surface area contributed by atoms with Crippen LogP contribution in [0.2, 0.25) is 0 Å². The predicted molar refractivity (Wildman–Crippen MR) is 406 cm³/mol. The van der Waals surface area contributed by atoms with Crippen LogP contribution in [0.4, 0.5) is 0 Å². The van der Waals surface area contributed by atoms with Gasteiger partial charge in [0.05, 0.1) is 27.7 Å². The summed E-state index contributed by atoms with van der Waals surface area (Å²) in [6, 6.07) is 0. The first-order valence-corrected chi connectivity index (χ1v) is 40.0. The molecule has 0 N–H and O–H groups in total. The Morgan fingerprint density at radius 2 is 0.606 bits per heavy atom. The molecule has 0 aromatic rings. The van der Waals surface area contributed by atoms with Gasteiger partial charge >= 0.3 is 11.9 Å². The Hall–Kier alpha value is -4.11. The fraction of sp³-hybridized carbons (Fsp3) is 0.690. The second kappa shape index (κ2) is 73.1. The first kappa shape index (κ1) is 89.9. The summed E-state index contributed by atoms with van der Waals surface area (Å²) in [5.41, 5.74) is 0. The molecule has 0 bridgehead atoms. The largest absolute Gasteiger partial charge is 0.756 e. The third-order valence-electron chi connectivity index (χ3n) is 16.3. The van der Waals surface area contributed by atoms with Gasteiger partial charge in [-0.2, -0.15) is 0 Å². The standard InChI is InChI=1S/C84H144NO8P/c1-6-8-10-12-14-16-18-20-22-24-26-28-30-32-34-36-38-40-42-44-46-48-50-52-54-56-58-60-62-64-66-68-70-72-74-76-83(86)90-80-82(81-92-94(88,89)91-79-78-85(3,4)5)93-84(87)77-75-73-71-69-67-65-63-61-59-57-55-53-51-49-47-45-43-41-39-37-35-33-31-29-27-25-23-21-19-17-15-13-11-9-7-2/h9,11,15,17-18,20-21,23-24,26-27,29,33,35,39,41,45,47,51,53,57,59,63,65,82H,6-8,10,12-14,16,19,22,25,28,30-32,34,36-38,40,42-44,46,48-50,52,54-56,58,60-62,64,66-81H2,1-5H3/b11-9-,17-15-,20-18-,23-21-,26-24-,29-27-,35-33-,41-39-,47-45-,53-51-,59-57-,65-63-. The van der Waals surface area contributed by atoms with E-state index in [-0.39, 0.29) is 32.0 Å². The molecule has 94 heavy (non-hydrogen) atoms. The summed E-state index contributed by atoms with van der Waals surface area (Å²) in [6.45, 7) is 4.10. The van der Waals surface area contributed by atoms with E-state index in [9.17, 15) is 19.0 Å². The number of carbonyl (C=O) groups is 2. The summed E-state index contributed by atoms with van der Waals surface area (Å²) in [5.74, 6) is -0.861. The highest BCUT2D eigenvalue weighted by atomic mass is 31.2. The van der Waals surface area contributed by atoms with Crippen molar-refractivity contribution in [3.8, 4) is 0 Å². The molecule has 0 aliphatic carbocycles. The fourth-order valence-corrected chi connectivity index (χ4v) is 11.2. The summed E-state index contributed by atoms with van der Waals surface area (Å²) in [4.78, 5) is 38.1. The zero-order valence-electron chi connectivity index (χ0n) is 61.4. The van der Waals surface area contributed by atoms with Crippen molar-refractivity contribution in [3.63, 3.8) is 0 Å². The lowest BCUT2D eigenvalue weighted by molar-refractivity contribution is -0.870. The van der Waals surface area contributed by atoms with Gasteiger partial charge in [-0.25, -0.2) is 0 Å². The van der Waals surface area contributed by atoms with Crippen LogP contribution in [-0.2, 0) is 32.7 Å². The number of esters is 2. The minimum atomic E-state index is -4.66. The smallest absolute Gasteiger partial charge is 0.306 e. The lowest BCUT2D eigenvalue weighted by Gasteiger charge is -2.28. The van der Waals surface area contributed by atoms with E-state index in [1.54, 1.807) is 0 Å². The van der Waals surface area contributed by atoms with Crippen LogP contribution in [0.3, 0.4) is 0 Å². The quantitative estimate of drug-likeness (QED) is 0.0195. The predicted octanol–water partition coefficient (Wildman–Crippen LogP) is 25.1. The Kier molecular flexibility index (Phi) is 69.9. The molecule has 2 unspecified atom stereocenters. The fourth-order valence-electron chi connectivity index (χ4n) is 10.5. The first-order valence-electron chi connectivity index (χ1n) is 38.5. The van der Waals surface area contributed by atoms with Crippen molar-refractivity contribution < 1.29 is 42.1 Å². The summed E-state index contributed by atoms with van der Waals surface area (Å²) in [6.07, 6.45) is 108. The lowest BCUT2D eigenvalue weighted by Crippen LogP contribution is -2.37. The van der Waals surface area contributed by atoms with E-state index in [1.807, 2.05) is 21.1 Å². The molecule has 0 aromatic carbocycles. The number of quaternary nitrogens is 1. The van der Waals surface area contributed by atoms with Gasteiger partial charge in [-0.1, -0.05) is 333 Å². The molecule has 10 heteroatoms. The molecule has 0 rings (SSSR count). The maximum absolute atomic E-state index is 12.9. The van der Waals surface area contributed by atoms with Gasteiger partial charge in [-0.05, 0) is 122 Å². The maximum atomic E-state index is 12.9. The van der Waals surface area contributed by atoms with Crippen LogP contribution in [0.25, 0.3) is 0 Å². The number of unbranched alkanes of at least 4 members (excludes halogenated alkanes) is 32. The number of nitrogens with zero attached hydrogens (tertiary/aromatic N) is 1. The second-order valence-corrected chi connectivity index (χ2v) is 28.0. The molecule has 538 valence electrons. The minimum Gasteiger partial charge on any atom is -0.756 e. The normalized spacial score (nSPS) is 13.9. The van der Waals surface area contributed by atoms with Crippen LogP contribution >= 0.6 is 7.82 Å². The average molecular weight is 1330 g/mol. The number of hydrogen-bond acceptors (Lipinski definition) is 8. The highest BCUT2D eigenvalue weighted by molar-refractivity contribution is 7.45. The highest BCUT2D eigenvalue weighted by Crippen LogP contribution is 2.38. The number of carbonyl (C=O) groups excluding carboxylic acids is 2. The summed E-state index contributed by atoms with van der Waals surface area (Å²) >= 11 is 0. The molecular formula is C84H144NO8P. The van der Waals surface area contributed by atoms with E-state index >= 15 is 0 Å². The topological polar surface area (TPSA) is 111 Å². The molecule has 0 amide bonds. The highest BCUT2D eigenvalue weighted by Gasteiger charge is 2.22. The Bertz CT molecular complexity index is 2100. The van der Waals surface area contributed by atoms with Crippen molar-refractivity contribution in [3.05, 3.63) is 146 Å². The van der Waals surface area contributed by atoms with Gasteiger partial charge in [0, 0.05) is 12.8 Å². The van der Waals surface area contributed by atoms with E-state index < -0.39 is 26.5 Å². The summed E-state index contributed by atoms with van der Waals surface area (Å²) < 4.78 is 34.3. The van der Waals surface area contributed by atoms with Crippen LogP contribution < -0.4 is 4.89 Å². The molecule has 0 radical (unpaired) electrons. The second-order valence-electron chi connectivity index (χ2n) is 26.6. The number of rotatable bonds is 70. The Morgan fingerprint density at radius 3 is 0.904 bits per heavy atom. The van der Waals surface area contributed by atoms with Gasteiger partial charge in [-0.15, -0.1) is 0 Å². The molecule has 0 saturated carbocycles. The third-order valence-corrected chi connectivity index (χ3v) is 17.3. The Labute approximate surface area is 580 Å². The molecule has 2 atom stereocenters. The van der Waals surface area contributed by atoms with Crippen molar-refractivity contribution in [1.29, 1.82) is 0 Å². The molecule has 0 aliphatic heterocycles. The Balaban J connectivity index is 4.08. The third kappa shape index (κ3) is 76.9. The molecule has 9 nitrogen and oxygen atoms in total. The molecule has 0 aromatic heterocycles. The van der Waals surface area contributed by atoms with Gasteiger partial charge in [-0.3, -0.25) is 14.2 Å². The number of likely N-dealkylation sites (N-methyl/N-ethyl adjacent to an activating group) is 1. The van der Waals surface area contributed by atoms with E-state index in [2.05, 4.69) is 160 Å². The van der Waals surface area contributed by atoms with Gasteiger partial charge < -0.3 is 27.9 Å². The molecule has 0 fully saturated rings. The monoisotopic (exact) mass is 1330 g/mol. The van der Waals surface area contributed by atoms with Crippen molar-refractivity contribution in [1.82, 2.24) is 0 Å². The van der Waals surface area contributed by atoms with Gasteiger partial charge in [0.25, 0.3) is 7.82 Å². The van der Waals surface area contributed by atoms with E-state index in [4.69, 9.17) is 18.5 Å². The summed E-state index contributed by atoms with van der Waals surface area (Å²) in [7, 11) is 1.14. The number of hydrogen-bond donors (Lipinski definition) is 0. The van der Waals surface area contributed by atoms with Crippen LogP contribution in [0.1, 0.15) is 322 Å². The van der Waals surface area contributed by atoms with E-state index in [0.717, 1.165) is 116 Å². The number of ether oxygens (including phenoxy) is 2. The van der Waals surface area contributed by atoms with Gasteiger partial charge in [0.2, 0.25) is 0 Å². The van der Waals surface area contributed by atoms with Crippen LogP contribution in [-0.4, -0.2) is 70.0 Å². The number of phosphoric ester groups is 1. The lowest BCUT2D eigenvalue weighted by atomic mass is 10.0. The first-order chi connectivity index (χ1) is 46.0. The maximum Gasteiger partial charge on any atom is 0.306 e. The van der Waals surface area contributed by atoms with Crippen molar-refractivity contribution in [2.75, 3.05) is 47.5 Å². The van der Waals surface area contributed by atoms with Crippen LogP contribution in [0, 0.1) is 0 Å². The van der Waals surface area contributed by atoms with Crippen molar-refractivity contribution >= 4 is 19.8 Å². The molecule has 0 aliphatic rings. The SMILES string of the molecule is CC/C=C\C/C=C\C/C=C\C/C=C\C/C=C\C/C=C\C/C=C\C/C=C\C/C=C\C/C=C\CCCCCCC(=O)OC(COC(=O)CCCCCCCCCCCCCCCCCCCCCCCCC/C=C\C/C=C\CCCCCCC)COP(=O)([O-])OCC[N+](C)(C)C. The van der Waals surface area contributed by atoms with E-state index in [1.165, 1.54) is 173 Å². The van der Waals surface area contributed by atoms with Crippen molar-refractivity contribution in [2.24, 2.45) is 0 Å². The minimum absolute atomic E-state index is 0.0422. The molecular weight excluding hydrogens is 1180 g/mol. The van der Waals surface area contributed by atoms with Gasteiger partial charge in [0.1, 0.15) is 19.8 Å². The molecule has 0 saturated heterocycles. The Morgan fingerprint density at radius 1 is 0.340 bits per heavy atom. The zero-order chi connectivity index (χ0) is 68.3.